The third-order valence-corrected chi connectivity index (χ3v) is 5.24. The van der Waals surface area contributed by atoms with E-state index in [0.717, 1.165) is 23.0 Å². The Balaban J connectivity index is 1.98. The Hall–Kier alpha value is -1.23. The summed E-state index contributed by atoms with van der Waals surface area (Å²) in [6.45, 7) is 3.09. The molecule has 108 valence electrons. The lowest BCUT2D eigenvalue weighted by molar-refractivity contribution is 0.556. The molecule has 1 N–H and O–H groups in total. The van der Waals surface area contributed by atoms with E-state index < -0.39 is 0 Å². The average molecular weight is 361 g/mol. The second kappa shape index (κ2) is 6.69. The first-order valence-electron chi connectivity index (χ1n) is 7.08. The van der Waals surface area contributed by atoms with Crippen molar-refractivity contribution in [2.45, 2.75) is 19.4 Å². The van der Waals surface area contributed by atoms with Crippen LogP contribution in [0.4, 0.5) is 0 Å². The van der Waals surface area contributed by atoms with Gasteiger partial charge < -0.3 is 5.32 Å². The molecule has 0 fully saturated rings. The first-order chi connectivity index (χ1) is 10.3. The Morgan fingerprint density at radius 3 is 2.90 bits per heavy atom. The molecule has 0 saturated carbocycles. The summed E-state index contributed by atoms with van der Waals surface area (Å²) in [5, 5.41) is 6.94. The van der Waals surface area contributed by atoms with Crippen LogP contribution in [0.5, 0.6) is 0 Å². The number of pyridine rings is 1. The van der Waals surface area contributed by atoms with Gasteiger partial charge in [-0.05, 0) is 40.2 Å². The minimum atomic E-state index is 0.291. The van der Waals surface area contributed by atoms with E-state index in [1.54, 1.807) is 11.3 Å². The maximum absolute atomic E-state index is 4.59. The third-order valence-electron chi connectivity index (χ3n) is 3.52. The molecule has 0 bridgehead atoms. The number of aromatic nitrogens is 1. The summed E-state index contributed by atoms with van der Waals surface area (Å²) in [6, 6.07) is 13.0. The van der Waals surface area contributed by atoms with E-state index in [-0.39, 0.29) is 0 Å². The molecule has 0 spiro atoms. The van der Waals surface area contributed by atoms with E-state index in [2.05, 4.69) is 68.9 Å². The molecular weight excluding hydrogens is 344 g/mol. The molecule has 2 heterocycles. The Labute approximate surface area is 137 Å². The fourth-order valence-electron chi connectivity index (χ4n) is 2.61. The van der Waals surface area contributed by atoms with Crippen molar-refractivity contribution in [2.75, 3.05) is 6.54 Å². The van der Waals surface area contributed by atoms with E-state index in [1.165, 1.54) is 15.8 Å². The molecule has 0 amide bonds. The summed E-state index contributed by atoms with van der Waals surface area (Å²) in [6.07, 6.45) is 2.86. The van der Waals surface area contributed by atoms with E-state index in [0.29, 0.717) is 6.04 Å². The summed E-state index contributed by atoms with van der Waals surface area (Å²) in [5.74, 6) is 0. The van der Waals surface area contributed by atoms with Crippen molar-refractivity contribution in [3.63, 3.8) is 0 Å². The molecular formula is C17H17BrN2S. The number of nitrogens with one attached hydrogen (secondary N) is 1. The highest BCUT2D eigenvalue weighted by Gasteiger charge is 2.15. The Bertz CT molecular complexity index is 733. The van der Waals surface area contributed by atoms with Gasteiger partial charge in [0.05, 0.1) is 5.52 Å². The zero-order chi connectivity index (χ0) is 14.7. The first kappa shape index (κ1) is 14.7. The lowest BCUT2D eigenvalue weighted by Gasteiger charge is -2.19. The van der Waals surface area contributed by atoms with Gasteiger partial charge in [-0.2, -0.15) is 0 Å². The summed E-state index contributed by atoms with van der Waals surface area (Å²) in [5.41, 5.74) is 2.38. The van der Waals surface area contributed by atoms with Crippen LogP contribution in [0, 0.1) is 0 Å². The quantitative estimate of drug-likeness (QED) is 0.695. The van der Waals surface area contributed by atoms with Crippen LogP contribution in [0.2, 0.25) is 0 Å². The van der Waals surface area contributed by atoms with Crippen LogP contribution < -0.4 is 5.32 Å². The van der Waals surface area contributed by atoms with Gasteiger partial charge in [0.15, 0.2) is 0 Å². The van der Waals surface area contributed by atoms with Gasteiger partial charge in [-0.15, -0.1) is 11.3 Å². The summed E-state index contributed by atoms with van der Waals surface area (Å²) >= 11 is 5.33. The van der Waals surface area contributed by atoms with Gasteiger partial charge >= 0.3 is 0 Å². The topological polar surface area (TPSA) is 24.9 Å². The largest absolute Gasteiger partial charge is 0.310 e. The number of hydrogen-bond acceptors (Lipinski definition) is 3. The SMILES string of the molecule is CCNC(Cc1cc(Br)cs1)c1cccc2cccnc12. The lowest BCUT2D eigenvalue weighted by Crippen LogP contribution is -2.23. The smallest absolute Gasteiger partial charge is 0.0749 e. The van der Waals surface area contributed by atoms with Crippen LogP contribution in [-0.4, -0.2) is 11.5 Å². The monoisotopic (exact) mass is 360 g/mol. The number of rotatable bonds is 5. The molecule has 0 aliphatic heterocycles. The van der Waals surface area contributed by atoms with Crippen molar-refractivity contribution in [3.05, 3.63) is 62.9 Å². The summed E-state index contributed by atoms with van der Waals surface area (Å²) in [4.78, 5) is 5.96. The molecule has 3 rings (SSSR count). The normalized spacial score (nSPS) is 12.7. The van der Waals surface area contributed by atoms with Gasteiger partial charge in [-0.25, -0.2) is 0 Å². The van der Waals surface area contributed by atoms with Gasteiger partial charge in [0.1, 0.15) is 0 Å². The lowest BCUT2D eigenvalue weighted by atomic mass is 9.99. The van der Waals surface area contributed by atoms with E-state index in [4.69, 9.17) is 0 Å². The first-order valence-corrected chi connectivity index (χ1v) is 8.75. The number of likely N-dealkylation sites (N-methyl/N-ethyl adjacent to an activating group) is 1. The van der Waals surface area contributed by atoms with Crippen molar-refractivity contribution in [1.82, 2.24) is 10.3 Å². The predicted molar refractivity (Wildman–Crippen MR) is 93.9 cm³/mol. The molecule has 0 saturated heterocycles. The van der Waals surface area contributed by atoms with Gasteiger partial charge in [-0.1, -0.05) is 31.2 Å². The highest BCUT2D eigenvalue weighted by atomic mass is 79.9. The highest BCUT2D eigenvalue weighted by Crippen LogP contribution is 2.28. The molecule has 21 heavy (non-hydrogen) atoms. The molecule has 1 atom stereocenters. The summed E-state index contributed by atoms with van der Waals surface area (Å²) in [7, 11) is 0. The number of halogens is 1. The van der Waals surface area contributed by atoms with Crippen LogP contribution >= 0.6 is 27.3 Å². The number of para-hydroxylation sites is 1. The van der Waals surface area contributed by atoms with Gasteiger partial charge in [-0.3, -0.25) is 4.98 Å². The molecule has 4 heteroatoms. The van der Waals surface area contributed by atoms with E-state index >= 15 is 0 Å². The molecule has 0 radical (unpaired) electrons. The number of hydrogen-bond donors (Lipinski definition) is 1. The molecule has 2 aromatic heterocycles. The fraction of sp³-hybridized carbons (Fsp3) is 0.235. The maximum atomic E-state index is 4.59. The number of nitrogens with zero attached hydrogens (tertiary/aromatic N) is 1. The van der Waals surface area contributed by atoms with Gasteiger partial charge in [0.25, 0.3) is 0 Å². The van der Waals surface area contributed by atoms with E-state index in [9.17, 15) is 0 Å². The van der Waals surface area contributed by atoms with Crippen LogP contribution in [0.1, 0.15) is 23.4 Å². The van der Waals surface area contributed by atoms with Crippen molar-refractivity contribution < 1.29 is 0 Å². The van der Waals surface area contributed by atoms with Crippen LogP contribution in [-0.2, 0) is 6.42 Å². The highest BCUT2D eigenvalue weighted by molar-refractivity contribution is 9.10. The van der Waals surface area contributed by atoms with Crippen LogP contribution in [0.25, 0.3) is 10.9 Å². The molecule has 0 aliphatic rings. The molecule has 2 nitrogen and oxygen atoms in total. The van der Waals surface area contributed by atoms with Crippen molar-refractivity contribution in [1.29, 1.82) is 0 Å². The molecule has 0 aliphatic carbocycles. The van der Waals surface area contributed by atoms with Crippen LogP contribution in [0.15, 0.2) is 52.4 Å². The van der Waals surface area contributed by atoms with Crippen molar-refractivity contribution in [2.24, 2.45) is 0 Å². The second-order valence-corrected chi connectivity index (χ2v) is 6.88. The molecule has 1 unspecified atom stereocenters. The second-order valence-electron chi connectivity index (χ2n) is 4.97. The van der Waals surface area contributed by atoms with Crippen molar-refractivity contribution >= 4 is 38.2 Å². The third kappa shape index (κ3) is 3.34. The number of benzene rings is 1. The summed E-state index contributed by atoms with van der Waals surface area (Å²) < 4.78 is 1.16. The Kier molecular flexibility index (Phi) is 4.68. The minimum absolute atomic E-state index is 0.291. The minimum Gasteiger partial charge on any atom is -0.310 e. The van der Waals surface area contributed by atoms with Crippen molar-refractivity contribution in [3.8, 4) is 0 Å². The average Bonchev–Trinajstić information content (AvgIpc) is 2.91. The zero-order valence-corrected chi connectivity index (χ0v) is 14.2. The maximum Gasteiger partial charge on any atom is 0.0749 e. The standard InChI is InChI=1S/C17H17BrN2S/c1-2-19-16(10-14-9-13(18)11-21-14)15-7-3-5-12-6-4-8-20-17(12)15/h3-9,11,16,19H,2,10H2,1H3. The molecule has 3 aromatic rings. The van der Waals surface area contributed by atoms with Gasteiger partial charge in [0.2, 0.25) is 0 Å². The number of thiophene rings is 1. The fourth-order valence-corrected chi connectivity index (χ4v) is 4.11. The number of fused-ring (bicyclic) bond motifs is 1. The Morgan fingerprint density at radius 1 is 1.29 bits per heavy atom. The van der Waals surface area contributed by atoms with Gasteiger partial charge in [0, 0.05) is 38.8 Å². The van der Waals surface area contributed by atoms with Crippen LogP contribution in [0.3, 0.4) is 0 Å². The zero-order valence-electron chi connectivity index (χ0n) is 11.8. The predicted octanol–water partition coefficient (Wildman–Crippen LogP) is 4.95. The van der Waals surface area contributed by atoms with E-state index in [1.807, 2.05) is 12.3 Å². The molecule has 1 aromatic carbocycles. The Morgan fingerprint density at radius 2 is 2.14 bits per heavy atom.